The normalized spacial score (nSPS) is 14.2. The van der Waals surface area contributed by atoms with Crippen LogP contribution in [0.15, 0.2) is 24.3 Å². The Bertz CT molecular complexity index is 543. The first-order valence-corrected chi connectivity index (χ1v) is 6.80. The van der Waals surface area contributed by atoms with Crippen LogP contribution < -0.4 is 5.32 Å². The molecule has 0 bridgehead atoms. The topological polar surface area (TPSA) is 66.4 Å². The molecule has 2 unspecified atom stereocenters. The second-order valence-electron chi connectivity index (χ2n) is 5.16. The monoisotopic (exact) mass is 317 g/mol. The van der Waals surface area contributed by atoms with E-state index in [2.05, 4.69) is 5.32 Å². The number of benzene rings is 1. The summed E-state index contributed by atoms with van der Waals surface area (Å²) >= 11 is 0. The van der Waals surface area contributed by atoms with Crippen molar-refractivity contribution in [3.8, 4) is 0 Å². The zero-order valence-electron chi connectivity index (χ0n) is 12.3. The molecule has 7 heteroatoms. The number of hydrogen-bond acceptors (Lipinski definition) is 2. The van der Waals surface area contributed by atoms with Crippen molar-refractivity contribution in [3.63, 3.8) is 0 Å². The van der Waals surface area contributed by atoms with E-state index < -0.39 is 36.4 Å². The average Bonchev–Trinajstić information content (AvgIpc) is 2.43. The predicted octanol–water partition coefficient (Wildman–Crippen LogP) is 3.02. The highest BCUT2D eigenvalue weighted by molar-refractivity contribution is 5.96. The second kappa shape index (κ2) is 7.29. The summed E-state index contributed by atoms with van der Waals surface area (Å²) < 4.78 is 36.9. The zero-order chi connectivity index (χ0) is 16.9. The third-order valence-electron chi connectivity index (χ3n) is 3.44. The third-order valence-corrected chi connectivity index (χ3v) is 3.44. The lowest BCUT2D eigenvalue weighted by atomic mass is 10.00. The molecule has 0 fully saturated rings. The molecular weight excluding hydrogens is 299 g/mol. The van der Waals surface area contributed by atoms with Crippen molar-refractivity contribution in [2.24, 2.45) is 5.92 Å². The lowest BCUT2D eigenvalue weighted by Crippen LogP contribution is -2.40. The standard InChI is InChI=1S/C15H18F3NO3/c1-9(14(21)22)10(2)19-13(20)12-6-4-3-5-11(12)7-8-15(16,17)18/h3-6,9-10H,7-8H2,1-2H3,(H,19,20)(H,21,22). The summed E-state index contributed by atoms with van der Waals surface area (Å²) in [5.74, 6) is -2.43. The highest BCUT2D eigenvalue weighted by atomic mass is 19.4. The van der Waals surface area contributed by atoms with Gasteiger partial charge < -0.3 is 10.4 Å². The van der Waals surface area contributed by atoms with Gasteiger partial charge in [0.1, 0.15) is 0 Å². The number of amides is 1. The largest absolute Gasteiger partial charge is 0.481 e. The fourth-order valence-electron chi connectivity index (χ4n) is 1.86. The van der Waals surface area contributed by atoms with Gasteiger partial charge in [-0.25, -0.2) is 0 Å². The van der Waals surface area contributed by atoms with Crippen LogP contribution in [0.3, 0.4) is 0 Å². The van der Waals surface area contributed by atoms with Gasteiger partial charge in [-0.2, -0.15) is 13.2 Å². The maximum absolute atomic E-state index is 12.3. The Kier molecular flexibility index (Phi) is 5.96. The molecule has 0 heterocycles. The van der Waals surface area contributed by atoms with E-state index in [9.17, 15) is 22.8 Å². The molecule has 1 aromatic carbocycles. The number of carbonyl (C=O) groups is 2. The first-order valence-electron chi connectivity index (χ1n) is 6.80. The van der Waals surface area contributed by atoms with E-state index in [0.717, 1.165) is 0 Å². The van der Waals surface area contributed by atoms with Crippen molar-refractivity contribution in [1.29, 1.82) is 0 Å². The molecule has 0 saturated heterocycles. The molecule has 4 nitrogen and oxygen atoms in total. The van der Waals surface area contributed by atoms with Crippen molar-refractivity contribution in [1.82, 2.24) is 5.32 Å². The number of aryl methyl sites for hydroxylation is 1. The van der Waals surface area contributed by atoms with Gasteiger partial charge in [0.2, 0.25) is 0 Å². The van der Waals surface area contributed by atoms with Crippen LogP contribution in [0.4, 0.5) is 13.2 Å². The maximum Gasteiger partial charge on any atom is 0.389 e. The number of carboxylic acid groups (broad SMARTS) is 1. The van der Waals surface area contributed by atoms with Crippen molar-refractivity contribution < 1.29 is 27.9 Å². The molecule has 0 aliphatic heterocycles. The SMILES string of the molecule is CC(NC(=O)c1ccccc1CCC(F)(F)F)C(C)C(=O)O. The molecule has 0 radical (unpaired) electrons. The molecule has 22 heavy (non-hydrogen) atoms. The van der Waals surface area contributed by atoms with Gasteiger partial charge in [0.05, 0.1) is 5.92 Å². The first-order chi connectivity index (χ1) is 10.1. The number of rotatable bonds is 6. The van der Waals surface area contributed by atoms with Crippen LogP contribution in [0.1, 0.15) is 36.2 Å². The number of hydrogen-bond donors (Lipinski definition) is 2. The van der Waals surface area contributed by atoms with Gasteiger partial charge in [0.15, 0.2) is 0 Å². The molecule has 1 amide bonds. The highest BCUT2D eigenvalue weighted by Crippen LogP contribution is 2.23. The molecule has 0 saturated carbocycles. The lowest BCUT2D eigenvalue weighted by molar-refractivity contribution is -0.141. The lowest BCUT2D eigenvalue weighted by Gasteiger charge is -2.19. The molecule has 0 spiro atoms. The molecule has 0 aromatic heterocycles. The number of halogens is 3. The average molecular weight is 317 g/mol. The Morgan fingerprint density at radius 1 is 1.23 bits per heavy atom. The number of carbonyl (C=O) groups excluding carboxylic acids is 1. The van der Waals surface area contributed by atoms with Crippen molar-refractivity contribution >= 4 is 11.9 Å². The van der Waals surface area contributed by atoms with Crippen LogP contribution in [0, 0.1) is 5.92 Å². The molecule has 2 atom stereocenters. The van der Waals surface area contributed by atoms with Gasteiger partial charge in [-0.1, -0.05) is 18.2 Å². The zero-order valence-corrected chi connectivity index (χ0v) is 12.3. The van der Waals surface area contributed by atoms with E-state index in [4.69, 9.17) is 5.11 Å². The van der Waals surface area contributed by atoms with Crippen molar-refractivity contribution in [2.45, 2.75) is 38.9 Å². The Balaban J connectivity index is 2.83. The molecule has 1 aromatic rings. The van der Waals surface area contributed by atoms with E-state index in [1.807, 2.05) is 0 Å². The quantitative estimate of drug-likeness (QED) is 0.847. The minimum absolute atomic E-state index is 0.135. The smallest absolute Gasteiger partial charge is 0.389 e. The van der Waals surface area contributed by atoms with Crippen LogP contribution in [-0.4, -0.2) is 29.2 Å². The molecule has 122 valence electrons. The van der Waals surface area contributed by atoms with Gasteiger partial charge in [0.25, 0.3) is 5.91 Å². The Labute approximate surface area is 126 Å². The first kappa shape index (κ1) is 18.0. The molecular formula is C15H18F3NO3. The fraction of sp³-hybridized carbons (Fsp3) is 0.467. The summed E-state index contributed by atoms with van der Waals surface area (Å²) in [5.41, 5.74) is 0.420. The summed E-state index contributed by atoms with van der Waals surface area (Å²) in [7, 11) is 0. The highest BCUT2D eigenvalue weighted by Gasteiger charge is 2.28. The van der Waals surface area contributed by atoms with Gasteiger partial charge in [-0.3, -0.25) is 9.59 Å². The maximum atomic E-state index is 12.3. The third kappa shape index (κ3) is 5.38. The summed E-state index contributed by atoms with van der Waals surface area (Å²) in [6.45, 7) is 2.98. The summed E-state index contributed by atoms with van der Waals surface area (Å²) in [4.78, 5) is 23.0. The minimum Gasteiger partial charge on any atom is -0.481 e. The van der Waals surface area contributed by atoms with Crippen LogP contribution in [0.5, 0.6) is 0 Å². The van der Waals surface area contributed by atoms with Crippen molar-refractivity contribution in [2.75, 3.05) is 0 Å². The Hall–Kier alpha value is -2.05. The van der Waals surface area contributed by atoms with Crippen LogP contribution in [-0.2, 0) is 11.2 Å². The van der Waals surface area contributed by atoms with Gasteiger partial charge in [0, 0.05) is 18.0 Å². The molecule has 0 aliphatic rings. The van der Waals surface area contributed by atoms with Gasteiger partial charge >= 0.3 is 12.1 Å². The Morgan fingerprint density at radius 2 is 1.82 bits per heavy atom. The van der Waals surface area contributed by atoms with E-state index in [1.165, 1.54) is 26.0 Å². The molecule has 1 rings (SSSR count). The van der Waals surface area contributed by atoms with Crippen LogP contribution >= 0.6 is 0 Å². The fourth-order valence-corrected chi connectivity index (χ4v) is 1.86. The summed E-state index contributed by atoms with van der Waals surface area (Å²) in [5, 5.41) is 11.4. The number of alkyl halides is 3. The van der Waals surface area contributed by atoms with E-state index in [-0.39, 0.29) is 17.5 Å². The number of aliphatic carboxylic acids is 1. The number of carboxylic acids is 1. The van der Waals surface area contributed by atoms with Crippen molar-refractivity contribution in [3.05, 3.63) is 35.4 Å². The summed E-state index contributed by atoms with van der Waals surface area (Å²) in [6, 6.07) is 5.37. The van der Waals surface area contributed by atoms with Gasteiger partial charge in [-0.15, -0.1) is 0 Å². The Morgan fingerprint density at radius 3 is 2.36 bits per heavy atom. The van der Waals surface area contributed by atoms with E-state index in [0.29, 0.717) is 0 Å². The van der Waals surface area contributed by atoms with Crippen LogP contribution in [0.2, 0.25) is 0 Å². The van der Waals surface area contributed by atoms with E-state index >= 15 is 0 Å². The predicted molar refractivity (Wildman–Crippen MR) is 74.5 cm³/mol. The second-order valence-corrected chi connectivity index (χ2v) is 5.16. The summed E-state index contributed by atoms with van der Waals surface area (Å²) in [6.07, 6.45) is -5.61. The van der Waals surface area contributed by atoms with E-state index in [1.54, 1.807) is 12.1 Å². The van der Waals surface area contributed by atoms with Gasteiger partial charge in [-0.05, 0) is 31.9 Å². The minimum atomic E-state index is -4.30. The number of nitrogens with one attached hydrogen (secondary N) is 1. The van der Waals surface area contributed by atoms with Crippen LogP contribution in [0.25, 0.3) is 0 Å². The molecule has 2 N–H and O–H groups in total. The molecule has 0 aliphatic carbocycles.